The maximum Gasteiger partial charge on any atom is 0.459 e. The molecule has 0 aliphatic carbocycles. The molecule has 190 valence electrons. The second-order valence-corrected chi connectivity index (χ2v) is 10.7. The average Bonchev–Trinajstić information content (AvgIpc) is 3.24. The largest absolute Gasteiger partial charge is 0.459 e. The molecule has 0 fully saturated rings. The van der Waals surface area contributed by atoms with Crippen LogP contribution in [0.25, 0.3) is 11.1 Å². The maximum atomic E-state index is 14.6. The van der Waals surface area contributed by atoms with E-state index in [1.54, 1.807) is 24.3 Å². The average molecular weight is 547 g/mol. The molecule has 1 aliphatic rings. The van der Waals surface area contributed by atoms with Gasteiger partial charge in [0.2, 0.25) is 0 Å². The molecule has 1 aliphatic heterocycles. The Bertz CT molecular complexity index is 1440. The van der Waals surface area contributed by atoms with Crippen LogP contribution in [0.3, 0.4) is 0 Å². The molecule has 0 saturated heterocycles. The summed E-state index contributed by atoms with van der Waals surface area (Å²) in [5, 5.41) is 4.30. The van der Waals surface area contributed by atoms with E-state index in [0.29, 0.717) is 16.7 Å². The Morgan fingerprint density at radius 3 is 2.19 bits per heavy atom. The van der Waals surface area contributed by atoms with Crippen molar-refractivity contribution in [3.63, 3.8) is 0 Å². The molecule has 4 rings (SSSR count). The van der Waals surface area contributed by atoms with Gasteiger partial charge in [-0.2, -0.15) is 27.1 Å². The molecule has 0 radical (unpaired) electrons. The highest BCUT2D eigenvalue weighted by Gasteiger charge is 2.62. The van der Waals surface area contributed by atoms with Crippen molar-refractivity contribution in [1.82, 2.24) is 0 Å². The molecule has 0 saturated carbocycles. The van der Waals surface area contributed by atoms with Gasteiger partial charge in [-0.3, -0.25) is 5.01 Å². The van der Waals surface area contributed by atoms with Gasteiger partial charge in [0.25, 0.3) is 0 Å². The minimum Gasteiger partial charge on any atom is -0.255 e. The predicted molar refractivity (Wildman–Crippen MR) is 125 cm³/mol. The van der Waals surface area contributed by atoms with Crippen LogP contribution in [0.15, 0.2) is 76.7 Å². The smallest absolute Gasteiger partial charge is 0.255 e. The highest BCUT2D eigenvalue weighted by molar-refractivity contribution is 7.90. The van der Waals surface area contributed by atoms with E-state index in [-0.39, 0.29) is 15.6 Å². The number of hydrogen-bond acceptors (Lipinski definition) is 4. The summed E-state index contributed by atoms with van der Waals surface area (Å²) in [7, 11) is -3.46. The standard InChI is InChI=1S/C24H17ClF6N2O2S/c1-36(34,35)18-4-2-3-16(11-18)14-5-7-15(8-6-14)21-13-22(23(27,28)24(29,30)31)32-33(21)20-10-9-17(25)12-19(20)26/h2-12,21H,13H2,1H3. The van der Waals surface area contributed by atoms with Crippen molar-refractivity contribution in [2.75, 3.05) is 11.3 Å². The Balaban J connectivity index is 1.73. The molecule has 4 nitrogen and oxygen atoms in total. The van der Waals surface area contributed by atoms with E-state index in [0.717, 1.165) is 23.4 Å². The summed E-state index contributed by atoms with van der Waals surface area (Å²) in [5.41, 5.74) is -0.337. The third-order valence-electron chi connectivity index (χ3n) is 5.68. The van der Waals surface area contributed by atoms with E-state index in [2.05, 4.69) is 5.10 Å². The first kappa shape index (κ1) is 26.0. The van der Waals surface area contributed by atoms with Crippen molar-refractivity contribution in [2.24, 2.45) is 5.10 Å². The summed E-state index contributed by atoms with van der Waals surface area (Å²) >= 11 is 5.75. The van der Waals surface area contributed by atoms with Gasteiger partial charge in [0.1, 0.15) is 11.5 Å². The zero-order valence-electron chi connectivity index (χ0n) is 18.4. The molecule has 12 heteroatoms. The second kappa shape index (κ2) is 9.11. The van der Waals surface area contributed by atoms with Crippen LogP contribution in [0.5, 0.6) is 0 Å². The van der Waals surface area contributed by atoms with Crippen molar-refractivity contribution < 1.29 is 34.8 Å². The Morgan fingerprint density at radius 1 is 0.944 bits per heavy atom. The second-order valence-electron chi connectivity index (χ2n) is 8.20. The lowest BCUT2D eigenvalue weighted by molar-refractivity contribution is -0.249. The lowest BCUT2D eigenvalue weighted by atomic mass is 9.96. The van der Waals surface area contributed by atoms with Gasteiger partial charge in [0.05, 0.1) is 16.6 Å². The Morgan fingerprint density at radius 2 is 1.61 bits per heavy atom. The van der Waals surface area contributed by atoms with E-state index < -0.39 is 45.9 Å². The predicted octanol–water partition coefficient (Wildman–Crippen LogP) is 7.05. The topological polar surface area (TPSA) is 49.7 Å². The summed E-state index contributed by atoms with van der Waals surface area (Å²) in [6, 6.07) is 14.4. The van der Waals surface area contributed by atoms with Crippen LogP contribution in [0.2, 0.25) is 5.02 Å². The number of sulfone groups is 1. The van der Waals surface area contributed by atoms with E-state index in [4.69, 9.17) is 11.6 Å². The highest BCUT2D eigenvalue weighted by atomic mass is 35.5. The number of halogens is 7. The molecule has 0 N–H and O–H groups in total. The van der Waals surface area contributed by atoms with Gasteiger partial charge in [-0.1, -0.05) is 48.0 Å². The number of nitrogens with zero attached hydrogens (tertiary/aromatic N) is 2. The molecule has 3 aromatic rings. The molecular formula is C24H17ClF6N2O2S. The molecule has 0 aromatic heterocycles. The third kappa shape index (κ3) is 4.94. The number of hydrogen-bond donors (Lipinski definition) is 0. The molecule has 0 amide bonds. The first-order valence-corrected chi connectivity index (χ1v) is 12.6. The summed E-state index contributed by atoms with van der Waals surface area (Å²) < 4.78 is 106. The zero-order chi connectivity index (χ0) is 26.5. The molecule has 1 atom stereocenters. The van der Waals surface area contributed by atoms with Gasteiger partial charge in [0.15, 0.2) is 9.84 Å². The minimum atomic E-state index is -5.88. The quantitative estimate of drug-likeness (QED) is 0.322. The first-order chi connectivity index (χ1) is 16.7. The summed E-state index contributed by atoms with van der Waals surface area (Å²) in [5.74, 6) is -6.16. The fourth-order valence-electron chi connectivity index (χ4n) is 3.82. The van der Waals surface area contributed by atoms with Gasteiger partial charge in [-0.05, 0) is 47.0 Å². The normalized spacial score (nSPS) is 16.8. The van der Waals surface area contributed by atoms with E-state index in [1.807, 2.05) is 0 Å². The SMILES string of the molecule is CS(=O)(=O)c1cccc(-c2ccc(C3CC(C(F)(F)C(F)(F)F)=NN3c3ccc(Cl)cc3F)cc2)c1. The summed E-state index contributed by atoms with van der Waals surface area (Å²) in [4.78, 5) is 0.0942. The van der Waals surface area contributed by atoms with Crippen LogP contribution in [0.4, 0.5) is 32.0 Å². The number of anilines is 1. The number of benzene rings is 3. The Kier molecular flexibility index (Phi) is 6.59. The molecule has 0 spiro atoms. The zero-order valence-corrected chi connectivity index (χ0v) is 20.0. The van der Waals surface area contributed by atoms with E-state index in [9.17, 15) is 34.8 Å². The molecular weight excluding hydrogens is 530 g/mol. The van der Waals surface area contributed by atoms with Crippen LogP contribution in [0.1, 0.15) is 18.0 Å². The lowest BCUT2D eigenvalue weighted by Crippen LogP contribution is -2.43. The van der Waals surface area contributed by atoms with Crippen LogP contribution in [-0.2, 0) is 9.84 Å². The number of hydrazone groups is 1. The number of alkyl halides is 5. The molecule has 3 aromatic carbocycles. The van der Waals surface area contributed by atoms with Crippen LogP contribution in [0, 0.1) is 5.82 Å². The van der Waals surface area contributed by atoms with E-state index >= 15 is 0 Å². The maximum absolute atomic E-state index is 14.6. The lowest BCUT2D eigenvalue weighted by Gasteiger charge is -2.24. The summed E-state index contributed by atoms with van der Waals surface area (Å²) in [6.45, 7) is 0. The van der Waals surface area contributed by atoms with Gasteiger partial charge in [0, 0.05) is 17.7 Å². The molecule has 0 bridgehead atoms. The van der Waals surface area contributed by atoms with Gasteiger partial charge in [-0.25, -0.2) is 12.8 Å². The van der Waals surface area contributed by atoms with Crippen molar-refractivity contribution in [3.8, 4) is 11.1 Å². The summed E-state index contributed by atoms with van der Waals surface area (Å²) in [6.07, 6.45) is -5.62. The van der Waals surface area contributed by atoms with Crippen LogP contribution >= 0.6 is 11.6 Å². The Labute approximate surface area is 207 Å². The van der Waals surface area contributed by atoms with Crippen LogP contribution in [-0.4, -0.2) is 32.5 Å². The minimum absolute atomic E-state index is 0.0116. The highest BCUT2D eigenvalue weighted by Crippen LogP contribution is 2.45. The first-order valence-electron chi connectivity index (χ1n) is 10.4. The van der Waals surface area contributed by atoms with Crippen LogP contribution < -0.4 is 5.01 Å². The monoisotopic (exact) mass is 546 g/mol. The van der Waals surface area contributed by atoms with Crippen molar-refractivity contribution in [1.29, 1.82) is 0 Å². The van der Waals surface area contributed by atoms with Crippen molar-refractivity contribution in [2.45, 2.75) is 29.5 Å². The molecule has 1 heterocycles. The number of rotatable bonds is 5. The van der Waals surface area contributed by atoms with E-state index in [1.165, 1.54) is 30.3 Å². The van der Waals surface area contributed by atoms with Crippen molar-refractivity contribution >= 4 is 32.8 Å². The van der Waals surface area contributed by atoms with Gasteiger partial charge >= 0.3 is 12.1 Å². The van der Waals surface area contributed by atoms with Gasteiger partial charge < -0.3 is 0 Å². The fraction of sp³-hybridized carbons (Fsp3) is 0.208. The molecule has 1 unspecified atom stereocenters. The molecule has 36 heavy (non-hydrogen) atoms. The fourth-order valence-corrected chi connectivity index (χ4v) is 4.64. The van der Waals surface area contributed by atoms with Gasteiger partial charge in [-0.15, -0.1) is 0 Å². The Hall–Kier alpha value is -3.05. The third-order valence-corrected chi connectivity index (χ3v) is 7.02. The van der Waals surface area contributed by atoms with Crippen molar-refractivity contribution in [3.05, 3.63) is 83.1 Å².